The Hall–Kier alpha value is -1.67. The first-order chi connectivity index (χ1) is 28.4. The zero-order valence-corrected chi connectivity index (χ0v) is 38.7. The van der Waals surface area contributed by atoms with Crippen molar-refractivity contribution in [2.75, 3.05) is 39.5 Å². The number of nitrogens with zero attached hydrogens (tertiary/aromatic N) is 1. The van der Waals surface area contributed by atoms with Gasteiger partial charge in [-0.2, -0.15) is 0 Å². The van der Waals surface area contributed by atoms with Gasteiger partial charge in [0, 0.05) is 33.0 Å². The smallest absolute Gasteiger partial charge is 0.306 e. The van der Waals surface area contributed by atoms with E-state index < -0.39 is 0 Å². The van der Waals surface area contributed by atoms with E-state index in [0.29, 0.717) is 26.1 Å². The summed E-state index contributed by atoms with van der Waals surface area (Å²) in [4.78, 5) is 38.8. The maximum absolute atomic E-state index is 12.9. The van der Waals surface area contributed by atoms with Crippen LogP contribution in [0.25, 0.3) is 0 Å². The van der Waals surface area contributed by atoms with Gasteiger partial charge >= 0.3 is 17.9 Å². The largest absolute Gasteiger partial charge is 0.466 e. The second kappa shape index (κ2) is 42.0. The van der Waals surface area contributed by atoms with Gasteiger partial charge in [0.15, 0.2) is 0 Å². The fourth-order valence-corrected chi connectivity index (χ4v) is 8.30. The third kappa shape index (κ3) is 38.5. The summed E-state index contributed by atoms with van der Waals surface area (Å²) in [5.74, 6) is 0.583. The Morgan fingerprint density at radius 1 is 0.638 bits per heavy atom. The lowest BCUT2D eigenvalue weighted by atomic mass is 9.95. The molecule has 1 N–H and O–H groups in total. The molecule has 0 radical (unpaired) electrons. The number of unbranched alkanes of at least 4 members (excludes halogenated alkanes) is 5. The van der Waals surface area contributed by atoms with E-state index >= 15 is 0 Å². The van der Waals surface area contributed by atoms with Crippen molar-refractivity contribution in [3.8, 4) is 0 Å². The van der Waals surface area contributed by atoms with E-state index in [4.69, 9.17) is 14.2 Å². The van der Waals surface area contributed by atoms with Crippen molar-refractivity contribution >= 4 is 17.9 Å². The standard InChI is InChI=1S/C50H96N2O6/c1-4-5-6-7-18-27-36-48-37-28-19-13-12-17-26-35-46(2)34-25-16-11-9-8-10-14-24-33-43-57-49(54)38-29-21-22-31-40-51-45-52(42-44-56-47(3)53)41-32-23-15-20-30-39-50(55)58-48/h46,48,51H,4-45H2,1-3H3. The van der Waals surface area contributed by atoms with Gasteiger partial charge in [0.25, 0.3) is 0 Å². The van der Waals surface area contributed by atoms with Crippen LogP contribution in [0, 0.1) is 5.92 Å². The number of ether oxygens (including phenoxy) is 3. The molecule has 8 heteroatoms. The van der Waals surface area contributed by atoms with Crippen LogP contribution in [-0.4, -0.2) is 68.4 Å². The molecule has 342 valence electrons. The Morgan fingerprint density at radius 2 is 1.16 bits per heavy atom. The van der Waals surface area contributed by atoms with Gasteiger partial charge in [0.2, 0.25) is 0 Å². The van der Waals surface area contributed by atoms with Crippen molar-refractivity contribution in [3.63, 3.8) is 0 Å². The minimum Gasteiger partial charge on any atom is -0.466 e. The third-order valence-electron chi connectivity index (χ3n) is 12.1. The van der Waals surface area contributed by atoms with E-state index in [-0.39, 0.29) is 24.0 Å². The fraction of sp³-hybridized carbons (Fsp3) is 0.940. The first-order valence-corrected chi connectivity index (χ1v) is 25.3. The molecule has 1 rings (SSSR count). The van der Waals surface area contributed by atoms with Crippen LogP contribution < -0.4 is 5.32 Å². The van der Waals surface area contributed by atoms with E-state index in [0.717, 1.165) is 116 Å². The number of hydrogen-bond acceptors (Lipinski definition) is 8. The lowest BCUT2D eigenvalue weighted by Crippen LogP contribution is -2.37. The molecule has 1 heterocycles. The molecule has 0 amide bonds. The Morgan fingerprint density at radius 3 is 1.79 bits per heavy atom. The predicted octanol–water partition coefficient (Wildman–Crippen LogP) is 13.6. The molecule has 0 saturated carbocycles. The molecule has 1 aliphatic heterocycles. The molecule has 8 nitrogen and oxygen atoms in total. The van der Waals surface area contributed by atoms with Gasteiger partial charge in [-0.05, 0) is 76.8 Å². The minimum absolute atomic E-state index is 0.00534. The van der Waals surface area contributed by atoms with E-state index in [2.05, 4.69) is 24.1 Å². The van der Waals surface area contributed by atoms with Gasteiger partial charge in [-0.25, -0.2) is 0 Å². The average molecular weight is 821 g/mol. The maximum Gasteiger partial charge on any atom is 0.306 e. The van der Waals surface area contributed by atoms with Crippen LogP contribution >= 0.6 is 0 Å². The average Bonchev–Trinajstić information content (AvgIpc) is 3.20. The highest BCUT2D eigenvalue weighted by atomic mass is 16.5. The normalized spacial score (nSPS) is 23.1. The van der Waals surface area contributed by atoms with Crippen molar-refractivity contribution in [1.29, 1.82) is 0 Å². The molecular weight excluding hydrogens is 725 g/mol. The summed E-state index contributed by atoms with van der Waals surface area (Å²) in [6, 6.07) is 0. The summed E-state index contributed by atoms with van der Waals surface area (Å²) in [7, 11) is 0. The Labute approximate surface area is 359 Å². The van der Waals surface area contributed by atoms with Crippen LogP contribution in [0.4, 0.5) is 0 Å². The molecule has 0 aromatic heterocycles. The summed E-state index contributed by atoms with van der Waals surface area (Å²) >= 11 is 0. The summed E-state index contributed by atoms with van der Waals surface area (Å²) in [5.41, 5.74) is 0. The van der Waals surface area contributed by atoms with Gasteiger partial charge in [-0.15, -0.1) is 0 Å². The predicted molar refractivity (Wildman–Crippen MR) is 243 cm³/mol. The van der Waals surface area contributed by atoms with Gasteiger partial charge < -0.3 is 19.5 Å². The van der Waals surface area contributed by atoms with Crippen LogP contribution in [0.1, 0.15) is 252 Å². The Kier molecular flexibility index (Phi) is 39.4. The molecule has 1 aliphatic rings. The van der Waals surface area contributed by atoms with Gasteiger partial charge in [-0.3, -0.25) is 19.3 Å². The number of carbonyl (C=O) groups excluding carboxylic acids is 3. The Bertz CT molecular complexity index is 932. The first kappa shape index (κ1) is 54.3. The van der Waals surface area contributed by atoms with Crippen molar-refractivity contribution in [2.45, 2.75) is 258 Å². The van der Waals surface area contributed by atoms with Gasteiger partial charge in [0.1, 0.15) is 12.7 Å². The van der Waals surface area contributed by atoms with Crippen LogP contribution in [-0.2, 0) is 28.6 Å². The SMILES string of the molecule is CCCCCCCCC1CCCCCCCCC(C)CCCCCCCCCCCOC(=O)CCCCCCNCN(CCOC(C)=O)CCCCCCCC(=O)O1. The van der Waals surface area contributed by atoms with E-state index in [1.54, 1.807) is 0 Å². The number of esters is 3. The molecule has 2 unspecified atom stereocenters. The van der Waals surface area contributed by atoms with Gasteiger partial charge in [0.05, 0.1) is 6.61 Å². The van der Waals surface area contributed by atoms with Crippen molar-refractivity contribution in [2.24, 2.45) is 5.92 Å². The number of cyclic esters (lactones) is 2. The third-order valence-corrected chi connectivity index (χ3v) is 12.1. The molecule has 0 bridgehead atoms. The molecule has 0 spiro atoms. The van der Waals surface area contributed by atoms with Crippen molar-refractivity contribution in [1.82, 2.24) is 10.2 Å². The quantitative estimate of drug-likeness (QED) is 0.132. The van der Waals surface area contributed by atoms with Gasteiger partial charge in [-0.1, -0.05) is 174 Å². The van der Waals surface area contributed by atoms with E-state index in [1.165, 1.54) is 142 Å². The van der Waals surface area contributed by atoms with Crippen LogP contribution in [0.3, 0.4) is 0 Å². The lowest BCUT2D eigenvalue weighted by Gasteiger charge is -2.22. The second-order valence-corrected chi connectivity index (χ2v) is 18.0. The summed E-state index contributed by atoms with van der Waals surface area (Å²) < 4.78 is 16.8. The highest BCUT2D eigenvalue weighted by molar-refractivity contribution is 5.69. The van der Waals surface area contributed by atoms with Crippen LogP contribution in [0.2, 0.25) is 0 Å². The summed E-state index contributed by atoms with van der Waals surface area (Å²) in [6.45, 7) is 10.6. The lowest BCUT2D eigenvalue weighted by molar-refractivity contribution is -0.150. The molecule has 2 atom stereocenters. The Balaban J connectivity index is 2.53. The van der Waals surface area contributed by atoms with E-state index in [1.807, 2.05) is 0 Å². The highest BCUT2D eigenvalue weighted by Gasteiger charge is 2.15. The number of hydrogen-bond donors (Lipinski definition) is 1. The van der Waals surface area contributed by atoms with Crippen molar-refractivity contribution in [3.05, 3.63) is 0 Å². The molecule has 58 heavy (non-hydrogen) atoms. The number of nitrogens with one attached hydrogen (secondary N) is 1. The monoisotopic (exact) mass is 821 g/mol. The number of carbonyl (C=O) groups is 3. The molecule has 1 saturated heterocycles. The van der Waals surface area contributed by atoms with Crippen molar-refractivity contribution < 1.29 is 28.6 Å². The minimum atomic E-state index is -0.234. The molecule has 1 fully saturated rings. The second-order valence-electron chi connectivity index (χ2n) is 18.0. The number of rotatable bonds is 10. The molecule has 0 aromatic rings. The molecule has 0 aliphatic carbocycles. The first-order valence-electron chi connectivity index (χ1n) is 25.3. The molecular formula is C50H96N2O6. The highest BCUT2D eigenvalue weighted by Crippen LogP contribution is 2.21. The maximum atomic E-state index is 12.9. The topological polar surface area (TPSA) is 94.2 Å². The zero-order chi connectivity index (χ0) is 42.0. The summed E-state index contributed by atoms with van der Waals surface area (Å²) in [6.07, 6.45) is 42.4. The molecule has 0 aromatic carbocycles. The summed E-state index contributed by atoms with van der Waals surface area (Å²) in [5, 5.41) is 3.57. The van der Waals surface area contributed by atoms with Crippen LogP contribution in [0.15, 0.2) is 0 Å². The van der Waals surface area contributed by atoms with Crippen LogP contribution in [0.5, 0.6) is 0 Å². The van der Waals surface area contributed by atoms with E-state index in [9.17, 15) is 14.4 Å². The zero-order valence-electron chi connectivity index (χ0n) is 38.7. The fourth-order valence-electron chi connectivity index (χ4n) is 8.30.